The van der Waals surface area contributed by atoms with Crippen molar-refractivity contribution >= 4 is 23.0 Å². The van der Waals surface area contributed by atoms with Crippen LogP contribution in [-0.2, 0) is 16.1 Å². The lowest BCUT2D eigenvalue weighted by atomic mass is 10.0. The standard InChI is InChI=1S/C20H28N4O3/c1-21-14-10-16(22-2)19(17(11-14)23-3)27-12-13-8-6-7-9-15(13)18(26-5)20(25)24-4/h6-11,18,21-23H,12H2,1-5H3,(H,24,25). The molecule has 7 heteroatoms. The van der Waals surface area contributed by atoms with E-state index in [2.05, 4.69) is 21.3 Å². The zero-order valence-corrected chi connectivity index (χ0v) is 16.5. The average Bonchev–Trinajstić information content (AvgIpc) is 2.72. The van der Waals surface area contributed by atoms with Gasteiger partial charge in [0, 0.05) is 41.0 Å². The largest absolute Gasteiger partial charge is 0.485 e. The molecule has 4 N–H and O–H groups in total. The van der Waals surface area contributed by atoms with Gasteiger partial charge in [-0.2, -0.15) is 0 Å². The first kappa shape index (κ1) is 20.4. The molecule has 0 heterocycles. The van der Waals surface area contributed by atoms with E-state index in [1.165, 1.54) is 7.11 Å². The molecule has 0 aliphatic carbocycles. The van der Waals surface area contributed by atoms with Gasteiger partial charge >= 0.3 is 0 Å². The smallest absolute Gasteiger partial charge is 0.253 e. The number of nitrogens with one attached hydrogen (secondary N) is 4. The van der Waals surface area contributed by atoms with Crippen LogP contribution in [0.1, 0.15) is 17.2 Å². The number of ether oxygens (including phenoxy) is 2. The van der Waals surface area contributed by atoms with Gasteiger partial charge in [0.25, 0.3) is 5.91 Å². The number of hydrogen-bond acceptors (Lipinski definition) is 6. The van der Waals surface area contributed by atoms with Crippen molar-refractivity contribution in [2.45, 2.75) is 12.7 Å². The number of hydrogen-bond donors (Lipinski definition) is 4. The third-order valence-corrected chi connectivity index (χ3v) is 4.35. The predicted molar refractivity (Wildman–Crippen MR) is 110 cm³/mol. The number of carbonyl (C=O) groups is 1. The Bertz CT molecular complexity index is 755. The molecule has 7 nitrogen and oxygen atoms in total. The number of amides is 1. The lowest BCUT2D eigenvalue weighted by molar-refractivity contribution is -0.130. The Morgan fingerprint density at radius 3 is 2.15 bits per heavy atom. The SMILES string of the molecule is CNC(=O)C(OC)c1ccccc1COc1c(NC)cc(NC)cc1NC. The summed E-state index contributed by atoms with van der Waals surface area (Å²) in [6, 6.07) is 11.6. The van der Waals surface area contributed by atoms with Gasteiger partial charge in [0.1, 0.15) is 6.61 Å². The average molecular weight is 372 g/mol. The molecule has 0 saturated heterocycles. The highest BCUT2D eigenvalue weighted by atomic mass is 16.5. The van der Waals surface area contributed by atoms with Gasteiger partial charge in [-0.25, -0.2) is 0 Å². The molecule has 0 fully saturated rings. The van der Waals surface area contributed by atoms with Gasteiger partial charge in [-0.05, 0) is 23.3 Å². The first-order valence-electron chi connectivity index (χ1n) is 8.75. The molecule has 2 aromatic carbocycles. The minimum Gasteiger partial charge on any atom is -0.485 e. The van der Waals surface area contributed by atoms with Gasteiger partial charge in [-0.1, -0.05) is 24.3 Å². The highest BCUT2D eigenvalue weighted by molar-refractivity contribution is 5.82. The van der Waals surface area contributed by atoms with Crippen molar-refractivity contribution in [1.82, 2.24) is 5.32 Å². The summed E-state index contributed by atoms with van der Waals surface area (Å²) in [5.41, 5.74) is 4.35. The molecule has 146 valence electrons. The highest BCUT2D eigenvalue weighted by Crippen LogP contribution is 2.37. The van der Waals surface area contributed by atoms with Crippen LogP contribution in [0, 0.1) is 0 Å². The van der Waals surface area contributed by atoms with Gasteiger partial charge in [0.05, 0.1) is 11.4 Å². The van der Waals surface area contributed by atoms with E-state index in [1.807, 2.05) is 57.5 Å². The second kappa shape index (κ2) is 9.68. The zero-order valence-electron chi connectivity index (χ0n) is 16.5. The minimum absolute atomic E-state index is 0.199. The van der Waals surface area contributed by atoms with Gasteiger partial charge in [0.2, 0.25) is 0 Å². The number of carbonyl (C=O) groups excluding carboxylic acids is 1. The van der Waals surface area contributed by atoms with Crippen LogP contribution in [0.4, 0.5) is 17.1 Å². The molecule has 0 bridgehead atoms. The first-order chi connectivity index (χ1) is 13.1. The Morgan fingerprint density at radius 1 is 1.00 bits per heavy atom. The van der Waals surface area contributed by atoms with E-state index in [0.29, 0.717) is 12.4 Å². The number of likely N-dealkylation sites (N-methyl/N-ethyl adjacent to an activating group) is 1. The van der Waals surface area contributed by atoms with Crippen LogP contribution in [-0.4, -0.2) is 41.2 Å². The van der Waals surface area contributed by atoms with Crippen molar-refractivity contribution in [1.29, 1.82) is 0 Å². The molecule has 0 aliphatic heterocycles. The van der Waals surface area contributed by atoms with E-state index in [0.717, 1.165) is 28.2 Å². The van der Waals surface area contributed by atoms with E-state index in [1.54, 1.807) is 7.05 Å². The van der Waals surface area contributed by atoms with Crippen molar-refractivity contribution in [3.05, 3.63) is 47.5 Å². The molecule has 0 spiro atoms. The van der Waals surface area contributed by atoms with E-state index in [-0.39, 0.29) is 5.91 Å². The van der Waals surface area contributed by atoms with Gasteiger partial charge in [-0.15, -0.1) is 0 Å². The molecule has 0 aromatic heterocycles. The monoisotopic (exact) mass is 372 g/mol. The van der Waals surface area contributed by atoms with Crippen LogP contribution in [0.3, 0.4) is 0 Å². The van der Waals surface area contributed by atoms with Crippen LogP contribution in [0.15, 0.2) is 36.4 Å². The maximum Gasteiger partial charge on any atom is 0.253 e. The summed E-state index contributed by atoms with van der Waals surface area (Å²) in [7, 11) is 8.68. The van der Waals surface area contributed by atoms with Crippen LogP contribution >= 0.6 is 0 Å². The van der Waals surface area contributed by atoms with Gasteiger partial charge < -0.3 is 30.7 Å². The molecular weight excluding hydrogens is 344 g/mol. The second-order valence-corrected chi connectivity index (χ2v) is 5.87. The van der Waals surface area contributed by atoms with Crippen LogP contribution in [0.25, 0.3) is 0 Å². The summed E-state index contributed by atoms with van der Waals surface area (Å²) in [5.74, 6) is 0.512. The van der Waals surface area contributed by atoms with E-state index >= 15 is 0 Å². The number of benzene rings is 2. The maximum absolute atomic E-state index is 12.1. The zero-order chi connectivity index (χ0) is 19.8. The lowest BCUT2D eigenvalue weighted by Gasteiger charge is -2.20. The Morgan fingerprint density at radius 2 is 1.63 bits per heavy atom. The second-order valence-electron chi connectivity index (χ2n) is 5.87. The summed E-state index contributed by atoms with van der Waals surface area (Å²) >= 11 is 0. The minimum atomic E-state index is -0.686. The van der Waals surface area contributed by atoms with Crippen molar-refractivity contribution in [3.8, 4) is 5.75 Å². The number of anilines is 3. The molecule has 2 rings (SSSR count). The summed E-state index contributed by atoms with van der Waals surface area (Å²) in [6.45, 7) is 0.301. The number of methoxy groups -OCH3 is 1. The van der Waals surface area contributed by atoms with Crippen LogP contribution in [0.2, 0.25) is 0 Å². The van der Waals surface area contributed by atoms with Gasteiger partial charge in [-0.3, -0.25) is 4.79 Å². The number of rotatable bonds is 9. The summed E-state index contributed by atoms with van der Waals surface area (Å²) < 4.78 is 11.5. The fourth-order valence-electron chi connectivity index (χ4n) is 2.88. The summed E-state index contributed by atoms with van der Waals surface area (Å²) in [5, 5.41) is 12.1. The molecule has 0 saturated carbocycles. The lowest BCUT2D eigenvalue weighted by Crippen LogP contribution is -2.27. The Hall–Kier alpha value is -2.93. The Kier molecular flexibility index (Phi) is 7.31. The van der Waals surface area contributed by atoms with Gasteiger partial charge in [0.15, 0.2) is 11.9 Å². The third-order valence-electron chi connectivity index (χ3n) is 4.35. The molecule has 0 aliphatic rings. The van der Waals surface area contributed by atoms with Crippen molar-refractivity contribution in [2.24, 2.45) is 0 Å². The topological polar surface area (TPSA) is 83.7 Å². The molecule has 1 amide bonds. The van der Waals surface area contributed by atoms with Crippen LogP contribution < -0.4 is 26.0 Å². The van der Waals surface area contributed by atoms with E-state index < -0.39 is 6.10 Å². The van der Waals surface area contributed by atoms with Crippen molar-refractivity contribution in [3.63, 3.8) is 0 Å². The van der Waals surface area contributed by atoms with E-state index in [4.69, 9.17) is 9.47 Å². The first-order valence-corrected chi connectivity index (χ1v) is 8.75. The Balaban J connectivity index is 2.34. The van der Waals surface area contributed by atoms with Crippen molar-refractivity contribution in [2.75, 3.05) is 51.3 Å². The maximum atomic E-state index is 12.1. The normalized spacial score (nSPS) is 11.4. The molecule has 27 heavy (non-hydrogen) atoms. The Labute approximate surface area is 160 Å². The fraction of sp³-hybridized carbons (Fsp3) is 0.350. The highest BCUT2D eigenvalue weighted by Gasteiger charge is 2.22. The van der Waals surface area contributed by atoms with Crippen molar-refractivity contribution < 1.29 is 14.3 Å². The predicted octanol–water partition coefficient (Wildman–Crippen LogP) is 2.82. The molecule has 2 aromatic rings. The fourth-order valence-corrected chi connectivity index (χ4v) is 2.88. The van der Waals surface area contributed by atoms with Crippen LogP contribution in [0.5, 0.6) is 5.75 Å². The quantitative estimate of drug-likeness (QED) is 0.542. The molecule has 0 radical (unpaired) electrons. The summed E-state index contributed by atoms with van der Waals surface area (Å²) in [4.78, 5) is 12.1. The van der Waals surface area contributed by atoms with E-state index in [9.17, 15) is 4.79 Å². The third kappa shape index (κ3) is 4.62. The molecule has 1 unspecified atom stereocenters. The summed E-state index contributed by atoms with van der Waals surface area (Å²) in [6.07, 6.45) is -0.686. The molecule has 1 atom stereocenters. The molecular formula is C20H28N4O3.